The third-order valence-corrected chi connectivity index (χ3v) is 2.00. The Morgan fingerprint density at radius 2 is 1.71 bits per heavy atom. The van der Waals surface area contributed by atoms with Gasteiger partial charge in [-0.3, -0.25) is 0 Å². The van der Waals surface area contributed by atoms with Gasteiger partial charge in [0.15, 0.2) is 0 Å². The van der Waals surface area contributed by atoms with Crippen molar-refractivity contribution < 1.29 is 14.6 Å². The van der Waals surface area contributed by atoms with Gasteiger partial charge in [0.1, 0.15) is 11.5 Å². The molecule has 78 valence electrons. The summed E-state index contributed by atoms with van der Waals surface area (Å²) in [6.45, 7) is -0.101. The zero-order valence-electron chi connectivity index (χ0n) is 8.36. The topological polar surface area (TPSA) is 64.7 Å². The first-order valence-corrected chi connectivity index (χ1v) is 4.30. The molecule has 0 bridgehead atoms. The van der Waals surface area contributed by atoms with E-state index < -0.39 is 6.04 Å². The van der Waals surface area contributed by atoms with Gasteiger partial charge < -0.3 is 20.3 Å². The molecule has 0 aromatic heterocycles. The first-order valence-electron chi connectivity index (χ1n) is 4.30. The minimum atomic E-state index is -0.404. The molecular formula is C10H15NO3. The molecule has 3 N–H and O–H groups in total. The fraction of sp³-hybridized carbons (Fsp3) is 0.400. The molecule has 0 radical (unpaired) electrons. The number of hydrogen-bond acceptors (Lipinski definition) is 4. The van der Waals surface area contributed by atoms with Crippen LogP contribution >= 0.6 is 0 Å². The predicted octanol–water partition coefficient (Wildman–Crippen LogP) is 0.696. The third-order valence-electron chi connectivity index (χ3n) is 2.00. The number of methoxy groups -OCH3 is 2. The lowest BCUT2D eigenvalue weighted by Gasteiger charge is -2.12. The van der Waals surface area contributed by atoms with E-state index >= 15 is 0 Å². The number of rotatable bonds is 4. The maximum Gasteiger partial charge on any atom is 0.122 e. The summed E-state index contributed by atoms with van der Waals surface area (Å²) in [7, 11) is 3.14. The summed E-state index contributed by atoms with van der Waals surface area (Å²) in [6, 6.07) is 4.92. The van der Waals surface area contributed by atoms with Gasteiger partial charge in [-0.05, 0) is 17.7 Å². The van der Waals surface area contributed by atoms with Crippen LogP contribution in [-0.2, 0) is 0 Å². The first-order chi connectivity index (χ1) is 6.71. The summed E-state index contributed by atoms with van der Waals surface area (Å²) in [5, 5.41) is 8.91. The summed E-state index contributed by atoms with van der Waals surface area (Å²) in [4.78, 5) is 0. The molecule has 0 aliphatic rings. The van der Waals surface area contributed by atoms with Gasteiger partial charge in [-0.25, -0.2) is 0 Å². The molecule has 0 aliphatic heterocycles. The van der Waals surface area contributed by atoms with E-state index in [2.05, 4.69) is 0 Å². The highest BCUT2D eigenvalue weighted by atomic mass is 16.5. The van der Waals surface area contributed by atoms with Crippen LogP contribution in [0.15, 0.2) is 18.2 Å². The van der Waals surface area contributed by atoms with Crippen LogP contribution in [0.1, 0.15) is 11.6 Å². The highest BCUT2D eigenvalue weighted by Gasteiger charge is 2.08. The highest BCUT2D eigenvalue weighted by molar-refractivity contribution is 5.39. The minimum absolute atomic E-state index is 0.101. The molecule has 0 aliphatic carbocycles. The van der Waals surface area contributed by atoms with Crippen LogP contribution in [0.5, 0.6) is 11.5 Å². The van der Waals surface area contributed by atoms with Crippen LogP contribution in [0, 0.1) is 0 Å². The van der Waals surface area contributed by atoms with Gasteiger partial charge in [0.05, 0.1) is 26.9 Å². The first kappa shape index (κ1) is 10.8. The molecule has 0 saturated carbocycles. The molecule has 4 nitrogen and oxygen atoms in total. The van der Waals surface area contributed by atoms with Crippen LogP contribution in [0.4, 0.5) is 0 Å². The van der Waals surface area contributed by atoms with E-state index in [4.69, 9.17) is 20.3 Å². The molecule has 0 amide bonds. The van der Waals surface area contributed by atoms with E-state index in [9.17, 15) is 0 Å². The maximum atomic E-state index is 8.91. The lowest BCUT2D eigenvalue weighted by Crippen LogP contribution is -2.14. The van der Waals surface area contributed by atoms with E-state index in [1.54, 1.807) is 32.4 Å². The fourth-order valence-corrected chi connectivity index (χ4v) is 1.15. The quantitative estimate of drug-likeness (QED) is 0.745. The maximum absolute atomic E-state index is 8.91. The second-order valence-electron chi connectivity index (χ2n) is 2.94. The average Bonchev–Trinajstić information content (AvgIpc) is 2.27. The molecule has 14 heavy (non-hydrogen) atoms. The van der Waals surface area contributed by atoms with Crippen molar-refractivity contribution in [3.63, 3.8) is 0 Å². The highest BCUT2D eigenvalue weighted by Crippen LogP contribution is 2.25. The van der Waals surface area contributed by atoms with E-state index in [-0.39, 0.29) is 6.61 Å². The predicted molar refractivity (Wildman–Crippen MR) is 53.6 cm³/mol. The average molecular weight is 197 g/mol. The van der Waals surface area contributed by atoms with Crippen molar-refractivity contribution in [3.05, 3.63) is 23.8 Å². The molecule has 0 saturated heterocycles. The van der Waals surface area contributed by atoms with Crippen molar-refractivity contribution in [2.75, 3.05) is 20.8 Å². The van der Waals surface area contributed by atoms with Crippen LogP contribution in [-0.4, -0.2) is 25.9 Å². The van der Waals surface area contributed by atoms with Crippen LogP contribution in [0.25, 0.3) is 0 Å². The van der Waals surface area contributed by atoms with Gasteiger partial charge in [-0.2, -0.15) is 0 Å². The molecule has 0 spiro atoms. The van der Waals surface area contributed by atoms with Gasteiger partial charge in [-0.1, -0.05) is 0 Å². The molecule has 0 unspecified atom stereocenters. The zero-order chi connectivity index (χ0) is 10.6. The fourth-order valence-electron chi connectivity index (χ4n) is 1.15. The van der Waals surface area contributed by atoms with Crippen molar-refractivity contribution in [2.45, 2.75) is 6.04 Å². The summed E-state index contributed by atoms with van der Waals surface area (Å²) in [5.41, 5.74) is 6.48. The van der Waals surface area contributed by atoms with Crippen molar-refractivity contribution in [1.29, 1.82) is 0 Å². The molecule has 1 aromatic carbocycles. The Hall–Kier alpha value is -1.26. The standard InChI is InChI=1S/C10H15NO3/c1-13-8-3-7(10(11)6-12)4-9(5-8)14-2/h3-5,10,12H,6,11H2,1-2H3/t10-/m0/s1. The third kappa shape index (κ3) is 2.37. The van der Waals surface area contributed by atoms with Gasteiger partial charge in [0.2, 0.25) is 0 Å². The molecule has 0 heterocycles. The molecule has 1 atom stereocenters. The zero-order valence-corrected chi connectivity index (χ0v) is 8.36. The Bertz CT molecular complexity index is 279. The summed E-state index contributed by atoms with van der Waals surface area (Å²) < 4.78 is 10.1. The lowest BCUT2D eigenvalue weighted by molar-refractivity contribution is 0.267. The second kappa shape index (κ2) is 4.83. The SMILES string of the molecule is COc1cc(OC)cc([C@@H](N)CO)c1. The van der Waals surface area contributed by atoms with Crippen molar-refractivity contribution >= 4 is 0 Å². The Morgan fingerprint density at radius 1 is 1.21 bits per heavy atom. The van der Waals surface area contributed by atoms with E-state index in [1.165, 1.54) is 0 Å². The molecule has 1 aromatic rings. The summed E-state index contributed by atoms with van der Waals surface area (Å²) in [5.74, 6) is 1.34. The number of ether oxygens (including phenoxy) is 2. The van der Waals surface area contributed by atoms with Gasteiger partial charge in [0.25, 0.3) is 0 Å². The molecule has 1 rings (SSSR count). The lowest BCUT2D eigenvalue weighted by atomic mass is 10.1. The van der Waals surface area contributed by atoms with E-state index in [0.717, 1.165) is 5.56 Å². The van der Waals surface area contributed by atoms with Crippen molar-refractivity contribution in [1.82, 2.24) is 0 Å². The minimum Gasteiger partial charge on any atom is -0.497 e. The van der Waals surface area contributed by atoms with Crippen LogP contribution < -0.4 is 15.2 Å². The van der Waals surface area contributed by atoms with Crippen LogP contribution in [0.2, 0.25) is 0 Å². The smallest absolute Gasteiger partial charge is 0.122 e. The number of nitrogens with two attached hydrogens (primary N) is 1. The number of hydrogen-bond donors (Lipinski definition) is 2. The number of benzene rings is 1. The van der Waals surface area contributed by atoms with Gasteiger partial charge >= 0.3 is 0 Å². The monoisotopic (exact) mass is 197 g/mol. The number of aliphatic hydroxyl groups excluding tert-OH is 1. The van der Waals surface area contributed by atoms with E-state index in [1.807, 2.05) is 0 Å². The van der Waals surface area contributed by atoms with Gasteiger partial charge in [-0.15, -0.1) is 0 Å². The second-order valence-corrected chi connectivity index (χ2v) is 2.94. The van der Waals surface area contributed by atoms with Crippen molar-refractivity contribution in [3.8, 4) is 11.5 Å². The number of aliphatic hydroxyl groups is 1. The summed E-state index contributed by atoms with van der Waals surface area (Å²) >= 11 is 0. The molecular weight excluding hydrogens is 182 g/mol. The Kier molecular flexibility index (Phi) is 3.73. The molecule has 0 fully saturated rings. The van der Waals surface area contributed by atoms with E-state index in [0.29, 0.717) is 11.5 Å². The Morgan fingerprint density at radius 3 is 2.07 bits per heavy atom. The normalized spacial score (nSPS) is 12.3. The molecule has 4 heteroatoms. The van der Waals surface area contributed by atoms with Crippen molar-refractivity contribution in [2.24, 2.45) is 5.73 Å². The Balaban J connectivity index is 3.04. The Labute approximate surface area is 83.3 Å². The van der Waals surface area contributed by atoms with Crippen LogP contribution in [0.3, 0.4) is 0 Å². The largest absolute Gasteiger partial charge is 0.497 e. The summed E-state index contributed by atoms with van der Waals surface area (Å²) in [6.07, 6.45) is 0. The van der Waals surface area contributed by atoms with Gasteiger partial charge in [0, 0.05) is 6.07 Å².